The molecule has 46 heavy (non-hydrogen) atoms. The van der Waals surface area contributed by atoms with E-state index in [-0.39, 0.29) is 37.4 Å². The van der Waals surface area contributed by atoms with Crippen LogP contribution in [0.4, 0.5) is 14.5 Å². The van der Waals surface area contributed by atoms with Crippen LogP contribution < -0.4 is 16.0 Å². The Morgan fingerprint density at radius 1 is 1.17 bits per heavy atom. The standard InChI is InChI=1S/C32H38F2N3O8P/c1-18(20-9-11-24(12-10-20)32(33,34)46(42,43)44)15-25(38)16-23-8-7-21-5-4-6-22-17-27(37(29(21)22)31(23)41)30(40)36-26(19(2)45-3)13-14-28(35)39/h4-6,9-12,15,19,23,26-27H,7-8,13-14,16-17H2,1-3H3,(H2,35,39)(H,36,40)(H2,42,43,44)/b18-15+/t19-,23-,26+,27+/m1/s1. The summed E-state index contributed by atoms with van der Waals surface area (Å²) in [7, 11) is -4.24. The molecule has 4 rings (SSSR count). The monoisotopic (exact) mass is 661 g/mol. The van der Waals surface area contributed by atoms with E-state index in [9.17, 15) is 32.5 Å². The number of primary amides is 1. The van der Waals surface area contributed by atoms with Gasteiger partial charge >= 0.3 is 13.3 Å². The number of aryl methyl sites for hydroxylation is 1. The molecule has 248 valence electrons. The lowest BCUT2D eigenvalue weighted by Gasteiger charge is -2.30. The zero-order valence-corrected chi connectivity index (χ0v) is 26.6. The van der Waals surface area contributed by atoms with E-state index in [1.807, 2.05) is 18.2 Å². The molecule has 2 aromatic rings. The van der Waals surface area contributed by atoms with Gasteiger partial charge in [0.1, 0.15) is 6.04 Å². The molecular formula is C32H38F2N3O8P. The lowest BCUT2D eigenvalue weighted by molar-refractivity contribution is -0.130. The summed E-state index contributed by atoms with van der Waals surface area (Å²) in [6.45, 7) is 3.34. The van der Waals surface area contributed by atoms with Gasteiger partial charge in [-0.2, -0.15) is 8.78 Å². The van der Waals surface area contributed by atoms with E-state index in [1.165, 1.54) is 30.2 Å². The largest absolute Gasteiger partial charge is 0.399 e. The molecule has 0 radical (unpaired) electrons. The minimum absolute atomic E-state index is 0.0392. The van der Waals surface area contributed by atoms with Crippen molar-refractivity contribution in [1.82, 2.24) is 5.32 Å². The van der Waals surface area contributed by atoms with Crippen molar-refractivity contribution < 1.29 is 47.0 Å². The highest BCUT2D eigenvalue weighted by Gasteiger charge is 2.50. The Kier molecular flexibility index (Phi) is 10.6. The van der Waals surface area contributed by atoms with Crippen LogP contribution in [0.15, 0.2) is 48.5 Å². The number of anilines is 1. The van der Waals surface area contributed by atoms with Crippen molar-refractivity contribution in [3.63, 3.8) is 0 Å². The molecule has 2 aliphatic heterocycles. The van der Waals surface area contributed by atoms with Gasteiger partial charge in [0.15, 0.2) is 5.78 Å². The number of carbonyl (C=O) groups excluding carboxylic acids is 4. The van der Waals surface area contributed by atoms with E-state index in [1.54, 1.807) is 13.8 Å². The van der Waals surface area contributed by atoms with Crippen LogP contribution in [0, 0.1) is 5.92 Å². The summed E-state index contributed by atoms with van der Waals surface area (Å²) in [5.74, 6) is -2.41. The van der Waals surface area contributed by atoms with Crippen LogP contribution in [-0.2, 0) is 47.0 Å². The number of amides is 3. The van der Waals surface area contributed by atoms with E-state index < -0.39 is 54.7 Å². The number of hydrogen-bond donors (Lipinski definition) is 4. The van der Waals surface area contributed by atoms with Crippen LogP contribution in [0.25, 0.3) is 5.57 Å². The second-order valence-electron chi connectivity index (χ2n) is 11.8. The fourth-order valence-corrected chi connectivity index (χ4v) is 6.47. The highest BCUT2D eigenvalue weighted by atomic mass is 31.2. The van der Waals surface area contributed by atoms with E-state index in [0.717, 1.165) is 23.3 Å². The summed E-state index contributed by atoms with van der Waals surface area (Å²) >= 11 is 0. The van der Waals surface area contributed by atoms with E-state index in [0.29, 0.717) is 29.7 Å². The number of ketones is 1. The zero-order chi connectivity index (χ0) is 34.0. The molecule has 3 amide bonds. The van der Waals surface area contributed by atoms with E-state index >= 15 is 0 Å². The maximum atomic E-state index is 14.0. The number of hydrogen-bond acceptors (Lipinski definition) is 6. The number of benzene rings is 2. The maximum Gasteiger partial charge on any atom is 0.399 e. The first-order valence-corrected chi connectivity index (χ1v) is 16.5. The normalized spacial score (nSPS) is 19.7. The molecule has 2 aliphatic rings. The molecule has 2 aromatic carbocycles. The summed E-state index contributed by atoms with van der Waals surface area (Å²) in [5.41, 5.74) is 3.32. The lowest BCUT2D eigenvalue weighted by Crippen LogP contribution is -2.54. The molecule has 0 aliphatic carbocycles. The number of nitrogens with two attached hydrogens (primary N) is 1. The molecule has 2 heterocycles. The van der Waals surface area contributed by atoms with Gasteiger partial charge in [0, 0.05) is 37.9 Å². The Morgan fingerprint density at radius 3 is 2.43 bits per heavy atom. The number of rotatable bonds is 13. The first kappa shape index (κ1) is 35.1. The number of halogens is 2. The van der Waals surface area contributed by atoms with Gasteiger partial charge in [0.2, 0.25) is 17.7 Å². The Hall–Kier alpha value is -3.77. The van der Waals surface area contributed by atoms with Gasteiger partial charge in [-0.25, -0.2) is 0 Å². The summed E-state index contributed by atoms with van der Waals surface area (Å²) in [6.07, 6.45) is 2.18. The molecule has 5 N–H and O–H groups in total. The van der Waals surface area contributed by atoms with Gasteiger partial charge in [0.05, 0.1) is 17.8 Å². The first-order chi connectivity index (χ1) is 21.5. The third kappa shape index (κ3) is 7.44. The molecule has 11 nitrogen and oxygen atoms in total. The molecule has 0 spiro atoms. The van der Waals surface area contributed by atoms with Crippen LogP contribution in [0.5, 0.6) is 0 Å². The van der Waals surface area contributed by atoms with Gasteiger partial charge in [-0.05, 0) is 61.4 Å². The highest BCUT2D eigenvalue weighted by molar-refractivity contribution is 7.52. The molecule has 0 fully saturated rings. The fraction of sp³-hybridized carbons (Fsp3) is 0.438. The van der Waals surface area contributed by atoms with E-state index in [4.69, 9.17) is 20.3 Å². The minimum Gasteiger partial charge on any atom is -0.380 e. The Bertz CT molecular complexity index is 1590. The lowest BCUT2D eigenvalue weighted by atomic mass is 9.92. The molecule has 0 bridgehead atoms. The van der Waals surface area contributed by atoms with Crippen molar-refractivity contribution in [3.05, 3.63) is 70.8 Å². The minimum atomic E-state index is -5.72. The maximum absolute atomic E-state index is 14.0. The number of nitrogens with zero attached hydrogens (tertiary/aromatic N) is 1. The Labute approximate surface area is 265 Å². The number of nitrogens with one attached hydrogen (secondary N) is 1. The second-order valence-corrected chi connectivity index (χ2v) is 13.5. The molecular weight excluding hydrogens is 623 g/mol. The quantitative estimate of drug-likeness (QED) is 0.186. The van der Waals surface area contributed by atoms with Gasteiger partial charge < -0.3 is 25.6 Å². The predicted octanol–water partition coefficient (Wildman–Crippen LogP) is 3.58. The SMILES string of the molecule is CO[C@H](C)[C@H](CCC(N)=O)NC(=O)[C@@H]1Cc2cccc3c2N1C(=O)[C@@H](CC(=O)/C=C(\C)c1ccc(C(F)(F)P(=O)(O)O)cc1)CC3. The van der Waals surface area contributed by atoms with Gasteiger partial charge in [-0.3, -0.25) is 28.6 Å². The van der Waals surface area contributed by atoms with Gasteiger partial charge in [-0.15, -0.1) is 0 Å². The Balaban J connectivity index is 1.53. The number of allylic oxidation sites excluding steroid dienone is 2. The van der Waals surface area contributed by atoms with Crippen molar-refractivity contribution >= 4 is 42.4 Å². The summed E-state index contributed by atoms with van der Waals surface area (Å²) < 4.78 is 44.7. The first-order valence-electron chi connectivity index (χ1n) is 14.9. The van der Waals surface area contributed by atoms with Crippen molar-refractivity contribution in [3.8, 4) is 0 Å². The molecule has 0 aromatic heterocycles. The topological polar surface area (TPSA) is 176 Å². The average Bonchev–Trinajstić information content (AvgIpc) is 3.34. The Morgan fingerprint density at radius 2 is 1.83 bits per heavy atom. The van der Waals surface area contributed by atoms with Crippen LogP contribution >= 0.6 is 7.60 Å². The second kappa shape index (κ2) is 13.9. The van der Waals surface area contributed by atoms with Crippen molar-refractivity contribution in [2.24, 2.45) is 11.7 Å². The third-order valence-electron chi connectivity index (χ3n) is 8.67. The molecule has 14 heteroatoms. The number of methoxy groups -OCH3 is 1. The molecule has 0 saturated heterocycles. The van der Waals surface area contributed by atoms with Gasteiger partial charge in [0.25, 0.3) is 0 Å². The summed E-state index contributed by atoms with van der Waals surface area (Å²) in [4.78, 5) is 71.8. The average molecular weight is 662 g/mol. The number of carbonyl (C=O) groups is 4. The smallest absolute Gasteiger partial charge is 0.380 e. The van der Waals surface area contributed by atoms with Crippen LogP contribution in [0.1, 0.15) is 61.8 Å². The number of ether oxygens (including phenoxy) is 1. The summed E-state index contributed by atoms with van der Waals surface area (Å²) in [6, 6.07) is 8.50. The fourth-order valence-electron chi connectivity index (χ4n) is 5.98. The van der Waals surface area contributed by atoms with Crippen molar-refractivity contribution in [2.75, 3.05) is 12.0 Å². The van der Waals surface area contributed by atoms with Crippen molar-refractivity contribution in [2.45, 2.75) is 76.2 Å². The molecule has 4 atom stereocenters. The highest BCUT2D eigenvalue weighted by Crippen LogP contribution is 2.59. The van der Waals surface area contributed by atoms with Gasteiger partial charge in [-0.1, -0.05) is 42.5 Å². The third-order valence-corrected chi connectivity index (χ3v) is 9.66. The zero-order valence-electron chi connectivity index (χ0n) is 25.7. The van der Waals surface area contributed by atoms with E-state index in [2.05, 4.69) is 5.32 Å². The van der Waals surface area contributed by atoms with Crippen LogP contribution in [0.3, 0.4) is 0 Å². The molecule has 0 unspecified atom stereocenters. The summed E-state index contributed by atoms with van der Waals surface area (Å²) in [5, 5.41) is 2.94. The number of alkyl halides is 2. The van der Waals surface area contributed by atoms with Crippen LogP contribution in [0.2, 0.25) is 0 Å². The predicted molar refractivity (Wildman–Crippen MR) is 166 cm³/mol. The number of para-hydroxylation sites is 1. The molecule has 0 saturated carbocycles. The van der Waals surface area contributed by atoms with Crippen LogP contribution in [-0.4, -0.2) is 58.6 Å². The van der Waals surface area contributed by atoms with Crippen molar-refractivity contribution in [1.29, 1.82) is 0 Å².